The van der Waals surface area contributed by atoms with Crippen molar-refractivity contribution in [1.82, 2.24) is 5.32 Å². The molecule has 0 spiro atoms. The topological polar surface area (TPSA) is 72.2 Å². The summed E-state index contributed by atoms with van der Waals surface area (Å²) in [5, 5.41) is 2.46. The summed E-state index contributed by atoms with van der Waals surface area (Å²) in [7, 11) is 0. The maximum atomic E-state index is 13.3. The molecule has 2 amide bonds. The van der Waals surface area contributed by atoms with Gasteiger partial charge in [0, 0.05) is 18.0 Å². The number of hydrogen-bond donors (Lipinski definition) is 2. The van der Waals surface area contributed by atoms with E-state index in [1.807, 2.05) is 0 Å². The van der Waals surface area contributed by atoms with Crippen LogP contribution in [-0.4, -0.2) is 17.4 Å². The second-order valence-electron chi connectivity index (χ2n) is 4.61. The van der Waals surface area contributed by atoms with Gasteiger partial charge in [0.1, 0.15) is 11.6 Å². The quantitative estimate of drug-likeness (QED) is 0.853. The second kappa shape index (κ2) is 5.12. The number of benzene rings is 1. The maximum absolute atomic E-state index is 13.3. The lowest BCUT2D eigenvalue weighted by atomic mass is 9.99. The molecule has 0 saturated heterocycles. The monoisotopic (exact) mass is 256 g/mol. The highest BCUT2D eigenvalue weighted by molar-refractivity contribution is 5.95. The predicted molar refractivity (Wildman–Crippen MR) is 61.7 cm³/mol. The Morgan fingerprint density at radius 3 is 2.44 bits per heavy atom. The van der Waals surface area contributed by atoms with E-state index in [4.69, 9.17) is 5.73 Å². The molecular formula is C12H14F2N2O2. The molecule has 0 unspecified atom stereocenters. The summed E-state index contributed by atoms with van der Waals surface area (Å²) in [5.41, 5.74) is 3.85. The van der Waals surface area contributed by atoms with E-state index in [2.05, 4.69) is 5.32 Å². The van der Waals surface area contributed by atoms with Crippen molar-refractivity contribution in [2.24, 2.45) is 5.73 Å². The van der Waals surface area contributed by atoms with Crippen LogP contribution in [0.3, 0.4) is 0 Å². The molecule has 6 heteroatoms. The van der Waals surface area contributed by atoms with Crippen molar-refractivity contribution in [2.45, 2.75) is 25.8 Å². The molecule has 0 atom stereocenters. The van der Waals surface area contributed by atoms with E-state index in [1.165, 1.54) is 0 Å². The molecule has 0 fully saturated rings. The van der Waals surface area contributed by atoms with Crippen LogP contribution in [-0.2, 0) is 4.79 Å². The van der Waals surface area contributed by atoms with Crippen LogP contribution in [0, 0.1) is 11.6 Å². The Kier molecular flexibility index (Phi) is 4.00. The van der Waals surface area contributed by atoms with Gasteiger partial charge < -0.3 is 11.1 Å². The normalized spacial score (nSPS) is 11.1. The molecule has 3 N–H and O–H groups in total. The van der Waals surface area contributed by atoms with Crippen LogP contribution in [0.2, 0.25) is 0 Å². The minimum atomic E-state index is -0.956. The van der Waals surface area contributed by atoms with Crippen molar-refractivity contribution in [3.8, 4) is 0 Å². The Labute approximate surface area is 103 Å². The summed E-state index contributed by atoms with van der Waals surface area (Å²) in [5.74, 6) is -3.03. The average Bonchev–Trinajstić information content (AvgIpc) is 2.13. The van der Waals surface area contributed by atoms with E-state index >= 15 is 0 Å². The minimum Gasteiger partial charge on any atom is -0.370 e. The first-order valence-electron chi connectivity index (χ1n) is 5.27. The summed E-state index contributed by atoms with van der Waals surface area (Å²) in [6.07, 6.45) is -0.0818. The first-order chi connectivity index (χ1) is 8.21. The standard InChI is InChI=1S/C12H14F2N2O2/c1-12(2,6-10(15)17)16-11(18)8-4-3-7(13)5-9(8)14/h3-5H,6H2,1-2H3,(H2,15,17)(H,16,18). The zero-order valence-electron chi connectivity index (χ0n) is 10.1. The molecule has 0 radical (unpaired) electrons. The lowest BCUT2D eigenvalue weighted by Gasteiger charge is -2.24. The van der Waals surface area contributed by atoms with Gasteiger partial charge in [0.25, 0.3) is 5.91 Å². The highest BCUT2D eigenvalue weighted by atomic mass is 19.1. The molecule has 1 aromatic rings. The van der Waals surface area contributed by atoms with E-state index in [9.17, 15) is 18.4 Å². The third kappa shape index (κ3) is 3.80. The van der Waals surface area contributed by atoms with Gasteiger partial charge in [-0.05, 0) is 26.0 Å². The molecule has 1 rings (SSSR count). The highest BCUT2D eigenvalue weighted by Crippen LogP contribution is 2.13. The van der Waals surface area contributed by atoms with E-state index in [0.29, 0.717) is 6.07 Å². The second-order valence-corrected chi connectivity index (χ2v) is 4.61. The van der Waals surface area contributed by atoms with Crippen molar-refractivity contribution in [3.63, 3.8) is 0 Å². The molecule has 0 aliphatic heterocycles. The number of amides is 2. The van der Waals surface area contributed by atoms with Crippen LogP contribution >= 0.6 is 0 Å². The molecule has 1 aromatic carbocycles. The number of rotatable bonds is 4. The SMILES string of the molecule is CC(C)(CC(N)=O)NC(=O)c1ccc(F)cc1F. The number of nitrogens with one attached hydrogen (secondary N) is 1. The van der Waals surface area contributed by atoms with Crippen LogP contribution in [0.5, 0.6) is 0 Å². The van der Waals surface area contributed by atoms with Crippen molar-refractivity contribution in [3.05, 3.63) is 35.4 Å². The molecule has 0 aromatic heterocycles. The maximum Gasteiger partial charge on any atom is 0.254 e. The van der Waals surface area contributed by atoms with E-state index in [-0.39, 0.29) is 12.0 Å². The van der Waals surface area contributed by atoms with Crippen molar-refractivity contribution in [1.29, 1.82) is 0 Å². The van der Waals surface area contributed by atoms with Gasteiger partial charge in [-0.25, -0.2) is 8.78 Å². The zero-order chi connectivity index (χ0) is 13.9. The number of carbonyl (C=O) groups excluding carboxylic acids is 2. The van der Waals surface area contributed by atoms with Crippen LogP contribution in [0.25, 0.3) is 0 Å². The Morgan fingerprint density at radius 2 is 1.94 bits per heavy atom. The minimum absolute atomic E-state index is 0.0818. The van der Waals surface area contributed by atoms with Gasteiger partial charge >= 0.3 is 0 Å². The Balaban J connectivity index is 2.85. The summed E-state index contributed by atoms with van der Waals surface area (Å²) in [6.45, 7) is 3.16. The number of primary amides is 1. The largest absolute Gasteiger partial charge is 0.370 e. The molecular weight excluding hydrogens is 242 g/mol. The van der Waals surface area contributed by atoms with Crippen LogP contribution in [0.1, 0.15) is 30.6 Å². The molecule has 98 valence electrons. The van der Waals surface area contributed by atoms with Gasteiger partial charge in [-0.1, -0.05) is 0 Å². The molecule has 0 bridgehead atoms. The fourth-order valence-corrected chi connectivity index (χ4v) is 1.53. The summed E-state index contributed by atoms with van der Waals surface area (Å²) in [6, 6.07) is 2.65. The molecule has 0 aliphatic carbocycles. The lowest BCUT2D eigenvalue weighted by molar-refractivity contribution is -0.119. The molecule has 4 nitrogen and oxygen atoms in total. The van der Waals surface area contributed by atoms with Crippen LogP contribution < -0.4 is 11.1 Å². The molecule has 0 saturated carbocycles. The number of carbonyl (C=O) groups is 2. The summed E-state index contributed by atoms with van der Waals surface area (Å²) in [4.78, 5) is 22.5. The van der Waals surface area contributed by atoms with Crippen LogP contribution in [0.15, 0.2) is 18.2 Å². The smallest absolute Gasteiger partial charge is 0.254 e. The zero-order valence-corrected chi connectivity index (χ0v) is 10.1. The van der Waals surface area contributed by atoms with Crippen molar-refractivity contribution < 1.29 is 18.4 Å². The Hall–Kier alpha value is -1.98. The number of halogens is 2. The fourth-order valence-electron chi connectivity index (χ4n) is 1.53. The van der Waals surface area contributed by atoms with E-state index < -0.39 is 29.0 Å². The van der Waals surface area contributed by atoms with E-state index in [0.717, 1.165) is 12.1 Å². The van der Waals surface area contributed by atoms with E-state index in [1.54, 1.807) is 13.8 Å². The van der Waals surface area contributed by atoms with Crippen molar-refractivity contribution >= 4 is 11.8 Å². The fraction of sp³-hybridized carbons (Fsp3) is 0.333. The number of hydrogen-bond acceptors (Lipinski definition) is 2. The predicted octanol–water partition coefficient (Wildman–Crippen LogP) is 1.35. The Morgan fingerprint density at radius 1 is 1.33 bits per heavy atom. The first kappa shape index (κ1) is 14.1. The molecule has 0 heterocycles. The summed E-state index contributed by atoms with van der Waals surface area (Å²) >= 11 is 0. The third-order valence-corrected chi connectivity index (χ3v) is 2.24. The summed E-state index contributed by atoms with van der Waals surface area (Å²) < 4.78 is 26.0. The lowest BCUT2D eigenvalue weighted by Crippen LogP contribution is -2.46. The van der Waals surface area contributed by atoms with Gasteiger partial charge in [-0.15, -0.1) is 0 Å². The molecule has 0 aliphatic rings. The Bertz CT molecular complexity index is 487. The van der Waals surface area contributed by atoms with Gasteiger partial charge in [0.15, 0.2) is 0 Å². The third-order valence-electron chi connectivity index (χ3n) is 2.24. The van der Waals surface area contributed by atoms with Crippen molar-refractivity contribution in [2.75, 3.05) is 0 Å². The molecule has 18 heavy (non-hydrogen) atoms. The van der Waals surface area contributed by atoms with Gasteiger partial charge in [0.2, 0.25) is 5.91 Å². The van der Waals surface area contributed by atoms with Gasteiger partial charge in [0.05, 0.1) is 5.56 Å². The number of nitrogens with two attached hydrogens (primary N) is 1. The average molecular weight is 256 g/mol. The van der Waals surface area contributed by atoms with Gasteiger partial charge in [-0.3, -0.25) is 9.59 Å². The highest BCUT2D eigenvalue weighted by Gasteiger charge is 2.24. The first-order valence-corrected chi connectivity index (χ1v) is 5.27. The van der Waals surface area contributed by atoms with Crippen LogP contribution in [0.4, 0.5) is 8.78 Å². The van der Waals surface area contributed by atoms with Gasteiger partial charge in [-0.2, -0.15) is 0 Å².